The van der Waals surface area contributed by atoms with Gasteiger partial charge in [0.1, 0.15) is 54.5 Å². The van der Waals surface area contributed by atoms with Crippen LogP contribution in [0.5, 0.6) is 5.75 Å². The topological polar surface area (TPSA) is 231 Å². The van der Waals surface area contributed by atoms with Crippen molar-refractivity contribution in [2.45, 2.75) is 68.3 Å². The molecule has 196 valence electrons. The second-order valence-electron chi connectivity index (χ2n) is 8.15. The molecule has 15 nitrogen and oxygen atoms in total. The Morgan fingerprint density at radius 1 is 0.971 bits per heavy atom. The van der Waals surface area contributed by atoms with Gasteiger partial charge in [-0.25, -0.2) is 0 Å². The molecule has 7 N–H and O–H groups in total. The molecule has 0 bridgehead atoms. The quantitative estimate of drug-likeness (QED) is 0.136. The number of hydrogen-bond acceptors (Lipinski definition) is 13. The van der Waals surface area contributed by atoms with Crippen LogP contribution in [0.15, 0.2) is 24.3 Å². The number of rotatable bonds is 8. The van der Waals surface area contributed by atoms with Crippen molar-refractivity contribution in [3.8, 4) is 5.75 Å². The Morgan fingerprint density at radius 3 is 2.14 bits per heavy atom. The van der Waals surface area contributed by atoms with E-state index in [0.717, 1.165) is 0 Å². The van der Waals surface area contributed by atoms with E-state index < -0.39 is 85.4 Å². The maximum absolute atomic E-state index is 11.6. The van der Waals surface area contributed by atoms with E-state index in [2.05, 4.69) is 5.32 Å². The summed E-state index contributed by atoms with van der Waals surface area (Å²) in [7, 11) is 0. The Labute approximate surface area is 198 Å². The summed E-state index contributed by atoms with van der Waals surface area (Å²) in [6.07, 6.45) is -13.6. The molecule has 2 aliphatic rings. The standard InChI is InChI=1S/C20H28N2O13/c1-8(24)21-13-16(27)15(26)12(7-32-20-18(29)17(28)14(25)11(6-23)34-20)35-19(13)33-10-4-2-9(3-5-10)22(30)31/h2-5,11-20,23,25-29H,6-7H2,1H3,(H,21,24)/t11-,12-,13+,14+,15+,16-,17+,18-,19+,20-/m1/s1. The van der Waals surface area contributed by atoms with Crippen molar-refractivity contribution in [1.29, 1.82) is 0 Å². The van der Waals surface area contributed by atoms with Crippen LogP contribution in [0.2, 0.25) is 0 Å². The van der Waals surface area contributed by atoms with E-state index >= 15 is 0 Å². The zero-order valence-electron chi connectivity index (χ0n) is 18.5. The second-order valence-corrected chi connectivity index (χ2v) is 8.15. The Bertz CT molecular complexity index is 869. The number of nitro benzene ring substituents is 1. The van der Waals surface area contributed by atoms with Gasteiger partial charge in [-0.05, 0) is 12.1 Å². The second kappa shape index (κ2) is 11.5. The number of nitrogens with zero attached hydrogens (tertiary/aromatic N) is 1. The number of benzene rings is 1. The lowest BCUT2D eigenvalue weighted by atomic mass is 9.96. The Balaban J connectivity index is 1.72. The van der Waals surface area contributed by atoms with Crippen molar-refractivity contribution >= 4 is 11.6 Å². The maximum Gasteiger partial charge on any atom is 0.269 e. The van der Waals surface area contributed by atoms with Crippen LogP contribution in [0.1, 0.15) is 6.92 Å². The summed E-state index contributed by atoms with van der Waals surface area (Å²) >= 11 is 0. The summed E-state index contributed by atoms with van der Waals surface area (Å²) in [5.41, 5.74) is -0.193. The van der Waals surface area contributed by atoms with E-state index in [1.54, 1.807) is 0 Å². The SMILES string of the molecule is CC(=O)N[C@@H]1[C@@H](Oc2ccc([N+](=O)[O-])cc2)O[C@H](CO[C@@H]2O[C@H](CO)[C@H](O)[C@H](O)[C@H]2O)[C@H](O)[C@@H]1O. The molecule has 1 aromatic carbocycles. The van der Waals surface area contributed by atoms with Gasteiger partial charge in [0.2, 0.25) is 12.2 Å². The lowest BCUT2D eigenvalue weighted by molar-refractivity contribution is -0.384. The smallest absolute Gasteiger partial charge is 0.269 e. The molecule has 0 aromatic heterocycles. The van der Waals surface area contributed by atoms with Crippen LogP contribution in [0.25, 0.3) is 0 Å². The molecule has 1 amide bonds. The lowest BCUT2D eigenvalue weighted by Crippen LogP contribution is -2.66. The predicted molar refractivity (Wildman–Crippen MR) is 112 cm³/mol. The molecule has 10 atom stereocenters. The van der Waals surface area contributed by atoms with Crippen LogP contribution < -0.4 is 10.1 Å². The van der Waals surface area contributed by atoms with Gasteiger partial charge in [0.05, 0.1) is 18.1 Å². The number of ether oxygens (including phenoxy) is 4. The third kappa shape index (κ3) is 6.21. The molecule has 2 fully saturated rings. The van der Waals surface area contributed by atoms with Crippen LogP contribution >= 0.6 is 0 Å². The maximum atomic E-state index is 11.6. The van der Waals surface area contributed by atoms with Gasteiger partial charge in [-0.1, -0.05) is 0 Å². The van der Waals surface area contributed by atoms with Crippen molar-refractivity contribution in [1.82, 2.24) is 5.32 Å². The molecule has 0 saturated carbocycles. The lowest BCUT2D eigenvalue weighted by Gasteiger charge is -2.44. The van der Waals surface area contributed by atoms with E-state index in [-0.39, 0.29) is 11.4 Å². The molecule has 1 aromatic rings. The molecule has 35 heavy (non-hydrogen) atoms. The van der Waals surface area contributed by atoms with Crippen molar-refractivity contribution in [2.75, 3.05) is 13.2 Å². The molecule has 2 heterocycles. The number of carbonyl (C=O) groups is 1. The largest absolute Gasteiger partial charge is 0.463 e. The highest BCUT2D eigenvalue weighted by atomic mass is 16.7. The van der Waals surface area contributed by atoms with E-state index in [1.807, 2.05) is 0 Å². The fourth-order valence-electron chi connectivity index (χ4n) is 3.73. The molecule has 3 rings (SSSR count). The van der Waals surface area contributed by atoms with Gasteiger partial charge < -0.3 is 54.9 Å². The third-order valence-electron chi connectivity index (χ3n) is 5.64. The molecular weight excluding hydrogens is 476 g/mol. The van der Waals surface area contributed by atoms with Crippen LogP contribution in [0.3, 0.4) is 0 Å². The monoisotopic (exact) mass is 504 g/mol. The van der Waals surface area contributed by atoms with E-state index in [0.29, 0.717) is 0 Å². The number of aliphatic hydroxyl groups is 6. The number of aliphatic hydroxyl groups excluding tert-OH is 6. The van der Waals surface area contributed by atoms with Crippen molar-refractivity contribution < 1.29 is 59.3 Å². The first-order valence-corrected chi connectivity index (χ1v) is 10.7. The van der Waals surface area contributed by atoms with Gasteiger partial charge >= 0.3 is 0 Å². The summed E-state index contributed by atoms with van der Waals surface area (Å²) in [6.45, 7) is -0.000197. The number of non-ortho nitro benzene ring substituents is 1. The molecule has 0 unspecified atom stereocenters. The first-order chi connectivity index (χ1) is 16.5. The van der Waals surface area contributed by atoms with E-state index in [9.17, 15) is 45.5 Å². The molecule has 15 heteroatoms. The highest BCUT2D eigenvalue weighted by Gasteiger charge is 2.48. The van der Waals surface area contributed by atoms with Crippen molar-refractivity contribution in [3.05, 3.63) is 34.4 Å². The summed E-state index contributed by atoms with van der Waals surface area (Å²) in [4.78, 5) is 21.9. The molecular formula is C20H28N2O13. The van der Waals surface area contributed by atoms with Crippen molar-refractivity contribution in [2.24, 2.45) is 0 Å². The molecule has 0 radical (unpaired) electrons. The highest BCUT2D eigenvalue weighted by Crippen LogP contribution is 2.28. The van der Waals surface area contributed by atoms with Gasteiger partial charge in [0, 0.05) is 19.1 Å². The Hall–Kier alpha value is -2.47. The van der Waals surface area contributed by atoms with Crippen LogP contribution in [0, 0.1) is 10.1 Å². The summed E-state index contributed by atoms with van der Waals surface area (Å²) < 4.78 is 22.0. The van der Waals surface area contributed by atoms with Crippen LogP contribution in [-0.4, -0.2) is 116 Å². The van der Waals surface area contributed by atoms with E-state index in [1.165, 1.54) is 31.2 Å². The van der Waals surface area contributed by atoms with Crippen molar-refractivity contribution in [3.63, 3.8) is 0 Å². The Morgan fingerprint density at radius 2 is 1.57 bits per heavy atom. The molecule has 2 saturated heterocycles. The number of nitrogens with one attached hydrogen (secondary N) is 1. The third-order valence-corrected chi connectivity index (χ3v) is 5.64. The van der Waals surface area contributed by atoms with E-state index in [4.69, 9.17) is 18.9 Å². The number of carbonyl (C=O) groups excluding carboxylic acids is 1. The zero-order chi connectivity index (χ0) is 25.9. The predicted octanol–water partition coefficient (Wildman–Crippen LogP) is -3.26. The average molecular weight is 504 g/mol. The molecule has 0 spiro atoms. The first kappa shape index (κ1) is 27.1. The fourth-order valence-corrected chi connectivity index (χ4v) is 3.73. The first-order valence-electron chi connectivity index (χ1n) is 10.7. The summed E-state index contributed by atoms with van der Waals surface area (Å²) in [6, 6.07) is 3.68. The van der Waals surface area contributed by atoms with Gasteiger partial charge in [0.15, 0.2) is 6.29 Å². The van der Waals surface area contributed by atoms with Crippen LogP contribution in [0.4, 0.5) is 5.69 Å². The molecule has 2 aliphatic heterocycles. The minimum Gasteiger partial charge on any atom is -0.463 e. The zero-order valence-corrected chi connectivity index (χ0v) is 18.5. The average Bonchev–Trinajstić information content (AvgIpc) is 2.82. The molecule has 0 aliphatic carbocycles. The number of amides is 1. The summed E-state index contributed by atoms with van der Waals surface area (Å²) in [5, 5.41) is 73.5. The summed E-state index contributed by atoms with van der Waals surface area (Å²) in [5.74, 6) is -0.452. The Kier molecular flexibility index (Phi) is 8.92. The number of nitro groups is 1. The van der Waals surface area contributed by atoms with Crippen LogP contribution in [-0.2, 0) is 19.0 Å². The van der Waals surface area contributed by atoms with Gasteiger partial charge in [-0.3, -0.25) is 14.9 Å². The van der Waals surface area contributed by atoms with Gasteiger partial charge in [-0.2, -0.15) is 0 Å². The van der Waals surface area contributed by atoms with Gasteiger partial charge in [-0.15, -0.1) is 0 Å². The van der Waals surface area contributed by atoms with Gasteiger partial charge in [0.25, 0.3) is 5.69 Å². The minimum absolute atomic E-state index is 0.105. The minimum atomic E-state index is -1.70. The normalized spacial score (nSPS) is 37.5. The highest BCUT2D eigenvalue weighted by molar-refractivity contribution is 5.73. The fraction of sp³-hybridized carbons (Fsp3) is 0.650. The number of hydrogen-bond donors (Lipinski definition) is 7.